The third kappa shape index (κ3) is 2.73. The van der Waals surface area contributed by atoms with Crippen LogP contribution in [0.3, 0.4) is 0 Å². The van der Waals surface area contributed by atoms with Crippen LogP contribution in [0.5, 0.6) is 0 Å². The van der Waals surface area contributed by atoms with E-state index < -0.39 is 0 Å². The lowest BCUT2D eigenvalue weighted by atomic mass is 9.75. The predicted molar refractivity (Wildman–Crippen MR) is 80.7 cm³/mol. The molecular formula is C17H24N2O. The molecule has 2 fully saturated rings. The molecule has 0 bridgehead atoms. The largest absolute Gasteiger partial charge is 0.349 e. The summed E-state index contributed by atoms with van der Waals surface area (Å²) in [7, 11) is 2.23. The molecule has 2 aliphatic rings. The summed E-state index contributed by atoms with van der Waals surface area (Å²) >= 11 is 0. The van der Waals surface area contributed by atoms with Crippen LogP contribution < -0.4 is 5.32 Å². The monoisotopic (exact) mass is 272 g/mol. The summed E-state index contributed by atoms with van der Waals surface area (Å²) in [6.45, 7) is 1.10. The fraction of sp³-hybridized carbons (Fsp3) is 0.588. The van der Waals surface area contributed by atoms with Gasteiger partial charge in [0.05, 0.1) is 0 Å². The summed E-state index contributed by atoms with van der Waals surface area (Å²) in [5, 5.41) is 3.29. The molecule has 20 heavy (non-hydrogen) atoms. The molecule has 3 heteroatoms. The Morgan fingerprint density at radius 1 is 1.15 bits per heavy atom. The van der Waals surface area contributed by atoms with Crippen LogP contribution in [0, 0.1) is 5.92 Å². The number of nitrogens with zero attached hydrogens (tertiary/aromatic N) is 1. The smallest absolute Gasteiger partial charge is 0.251 e. The number of carbonyl (C=O) groups is 1. The average molecular weight is 272 g/mol. The van der Waals surface area contributed by atoms with Crippen molar-refractivity contribution in [2.24, 2.45) is 5.92 Å². The van der Waals surface area contributed by atoms with Gasteiger partial charge in [0.1, 0.15) is 0 Å². The number of rotatable bonds is 2. The van der Waals surface area contributed by atoms with Crippen molar-refractivity contribution in [1.29, 1.82) is 0 Å². The zero-order valence-corrected chi connectivity index (χ0v) is 12.2. The summed E-state index contributed by atoms with van der Waals surface area (Å²) in [5.41, 5.74) is 0.777. The quantitative estimate of drug-likeness (QED) is 0.897. The van der Waals surface area contributed by atoms with E-state index in [0.717, 1.165) is 18.5 Å². The minimum absolute atomic E-state index is 0.0875. The van der Waals surface area contributed by atoms with Crippen molar-refractivity contribution in [2.45, 2.75) is 44.2 Å². The summed E-state index contributed by atoms with van der Waals surface area (Å²) in [6, 6.07) is 10.6. The van der Waals surface area contributed by atoms with Gasteiger partial charge in [-0.3, -0.25) is 4.79 Å². The van der Waals surface area contributed by atoms with Crippen molar-refractivity contribution in [3.8, 4) is 0 Å². The number of hydrogen-bond donors (Lipinski definition) is 1. The number of hydrogen-bond acceptors (Lipinski definition) is 2. The zero-order chi connectivity index (χ0) is 13.9. The van der Waals surface area contributed by atoms with E-state index in [4.69, 9.17) is 0 Å². The maximum absolute atomic E-state index is 12.3. The number of piperidine rings is 1. The van der Waals surface area contributed by atoms with E-state index in [2.05, 4.69) is 17.3 Å². The van der Waals surface area contributed by atoms with Gasteiger partial charge in [-0.25, -0.2) is 0 Å². The molecule has 3 atom stereocenters. The molecule has 1 amide bonds. The van der Waals surface area contributed by atoms with Crippen molar-refractivity contribution < 1.29 is 4.79 Å². The first-order valence-corrected chi connectivity index (χ1v) is 7.82. The van der Waals surface area contributed by atoms with Gasteiger partial charge in [-0.2, -0.15) is 0 Å². The van der Waals surface area contributed by atoms with E-state index in [1.807, 2.05) is 30.3 Å². The van der Waals surface area contributed by atoms with Crippen LogP contribution in [0.1, 0.15) is 42.5 Å². The highest BCUT2D eigenvalue weighted by Gasteiger charge is 2.38. The zero-order valence-electron chi connectivity index (χ0n) is 12.2. The van der Waals surface area contributed by atoms with Crippen LogP contribution in [0.2, 0.25) is 0 Å². The summed E-state index contributed by atoms with van der Waals surface area (Å²) in [6.07, 6.45) is 6.28. The molecule has 1 heterocycles. The first-order chi connectivity index (χ1) is 9.75. The number of nitrogens with one attached hydrogen (secondary N) is 1. The van der Waals surface area contributed by atoms with Crippen LogP contribution in [-0.4, -0.2) is 36.5 Å². The van der Waals surface area contributed by atoms with Gasteiger partial charge in [0.15, 0.2) is 0 Å². The lowest BCUT2D eigenvalue weighted by molar-refractivity contribution is 0.0505. The first-order valence-electron chi connectivity index (χ1n) is 7.82. The van der Waals surface area contributed by atoms with Gasteiger partial charge in [0.25, 0.3) is 5.91 Å². The molecule has 1 aliphatic heterocycles. The van der Waals surface area contributed by atoms with Crippen molar-refractivity contribution in [2.75, 3.05) is 13.6 Å². The van der Waals surface area contributed by atoms with Gasteiger partial charge in [-0.05, 0) is 44.4 Å². The topological polar surface area (TPSA) is 32.3 Å². The van der Waals surface area contributed by atoms with Gasteiger partial charge in [-0.1, -0.05) is 31.0 Å². The number of carbonyl (C=O) groups excluding carboxylic acids is 1. The van der Waals surface area contributed by atoms with Crippen molar-refractivity contribution in [1.82, 2.24) is 10.2 Å². The normalized spacial score (nSPS) is 30.6. The lowest BCUT2D eigenvalue weighted by Crippen LogP contribution is -2.56. The van der Waals surface area contributed by atoms with Crippen LogP contribution in [0.4, 0.5) is 0 Å². The van der Waals surface area contributed by atoms with Crippen molar-refractivity contribution in [3.05, 3.63) is 35.9 Å². The maximum atomic E-state index is 12.3. The fourth-order valence-electron chi connectivity index (χ4n) is 3.90. The third-order valence-electron chi connectivity index (χ3n) is 5.01. The second kappa shape index (κ2) is 5.96. The number of fused-ring (bicyclic) bond motifs is 1. The standard InChI is InChI=1S/C17H24N2O/c1-19-12-11-15(14-9-5-6-10-16(14)19)18-17(20)13-7-3-2-4-8-13/h2-4,7-8,14-16H,5-6,9-12H2,1H3,(H,18,20)/t14-,15-,16+/m1/s1. The highest BCUT2D eigenvalue weighted by molar-refractivity contribution is 5.94. The van der Waals surface area contributed by atoms with E-state index in [-0.39, 0.29) is 5.91 Å². The Labute approximate surface area is 121 Å². The Hall–Kier alpha value is -1.35. The van der Waals surface area contributed by atoms with Gasteiger partial charge in [-0.15, -0.1) is 0 Å². The van der Waals surface area contributed by atoms with Crippen LogP contribution in [0.15, 0.2) is 30.3 Å². The predicted octanol–water partition coefficient (Wildman–Crippen LogP) is 2.68. The van der Waals surface area contributed by atoms with E-state index in [1.165, 1.54) is 25.7 Å². The molecule has 3 rings (SSSR count). The molecule has 1 N–H and O–H groups in total. The first kappa shape index (κ1) is 13.6. The summed E-state index contributed by atoms with van der Waals surface area (Å²) in [4.78, 5) is 14.8. The highest BCUT2D eigenvalue weighted by Crippen LogP contribution is 2.34. The van der Waals surface area contributed by atoms with Crippen LogP contribution in [0.25, 0.3) is 0 Å². The maximum Gasteiger partial charge on any atom is 0.251 e. The Morgan fingerprint density at radius 3 is 2.70 bits per heavy atom. The molecule has 3 nitrogen and oxygen atoms in total. The molecule has 1 aliphatic carbocycles. The minimum Gasteiger partial charge on any atom is -0.349 e. The molecule has 1 aromatic carbocycles. The van der Waals surface area contributed by atoms with Crippen LogP contribution >= 0.6 is 0 Å². The molecule has 108 valence electrons. The number of amides is 1. The SMILES string of the molecule is CN1CC[C@@H](NC(=O)c2ccccc2)[C@H]2CCCC[C@@H]21. The van der Waals surface area contributed by atoms with Crippen molar-refractivity contribution >= 4 is 5.91 Å². The Morgan fingerprint density at radius 2 is 1.90 bits per heavy atom. The van der Waals surface area contributed by atoms with E-state index in [1.54, 1.807) is 0 Å². The average Bonchev–Trinajstić information content (AvgIpc) is 2.51. The second-order valence-electron chi connectivity index (χ2n) is 6.23. The molecule has 0 spiro atoms. The minimum atomic E-state index is 0.0875. The van der Waals surface area contributed by atoms with Crippen molar-refractivity contribution in [3.63, 3.8) is 0 Å². The molecular weight excluding hydrogens is 248 g/mol. The molecule has 1 saturated carbocycles. The van der Waals surface area contributed by atoms with Gasteiger partial charge in [0.2, 0.25) is 0 Å². The molecule has 1 aromatic rings. The highest BCUT2D eigenvalue weighted by atomic mass is 16.1. The fourth-order valence-corrected chi connectivity index (χ4v) is 3.90. The number of likely N-dealkylation sites (tertiary alicyclic amines) is 1. The van der Waals surface area contributed by atoms with Gasteiger partial charge >= 0.3 is 0 Å². The van der Waals surface area contributed by atoms with E-state index >= 15 is 0 Å². The third-order valence-corrected chi connectivity index (χ3v) is 5.01. The van der Waals surface area contributed by atoms with E-state index in [0.29, 0.717) is 18.0 Å². The van der Waals surface area contributed by atoms with Gasteiger partial charge in [0, 0.05) is 24.2 Å². The summed E-state index contributed by atoms with van der Waals surface area (Å²) in [5.74, 6) is 0.722. The molecule has 1 saturated heterocycles. The van der Waals surface area contributed by atoms with Gasteiger partial charge < -0.3 is 10.2 Å². The van der Waals surface area contributed by atoms with Crippen LogP contribution in [-0.2, 0) is 0 Å². The number of benzene rings is 1. The summed E-state index contributed by atoms with van der Waals surface area (Å²) < 4.78 is 0. The molecule has 0 aromatic heterocycles. The molecule has 0 unspecified atom stereocenters. The lowest BCUT2D eigenvalue weighted by Gasteiger charge is -2.46. The van der Waals surface area contributed by atoms with E-state index in [9.17, 15) is 4.79 Å². The molecule has 0 radical (unpaired) electrons. The Balaban J connectivity index is 1.69. The second-order valence-corrected chi connectivity index (χ2v) is 6.23. The Kier molecular flexibility index (Phi) is 4.06. The Bertz CT molecular complexity index is 459.